The SMILES string of the molecule is Cc1cc2cnn(PI)c2cc1O[C@@H]1CCOC1. The van der Waals surface area contributed by atoms with Crippen LogP contribution in [0.2, 0.25) is 0 Å². The van der Waals surface area contributed by atoms with Crippen molar-refractivity contribution in [2.45, 2.75) is 19.4 Å². The van der Waals surface area contributed by atoms with Crippen molar-refractivity contribution >= 4 is 39.3 Å². The normalized spacial score (nSPS) is 20.2. The van der Waals surface area contributed by atoms with Gasteiger partial charge in [-0.1, -0.05) is 0 Å². The summed E-state index contributed by atoms with van der Waals surface area (Å²) >= 11 is 2.34. The largest absolute Gasteiger partial charge is 0.488 e. The van der Waals surface area contributed by atoms with Gasteiger partial charge in [0, 0.05) is 17.9 Å². The van der Waals surface area contributed by atoms with Crippen molar-refractivity contribution in [3.8, 4) is 5.75 Å². The minimum absolute atomic E-state index is 0.194. The Morgan fingerprint density at radius 2 is 2.44 bits per heavy atom. The van der Waals surface area contributed by atoms with E-state index in [1.165, 1.54) is 5.39 Å². The zero-order valence-electron chi connectivity index (χ0n) is 10.0. The monoisotopic (exact) mass is 376 g/mol. The van der Waals surface area contributed by atoms with Gasteiger partial charge in [0.05, 0.1) is 31.3 Å². The fourth-order valence-corrected chi connectivity index (χ4v) is 3.69. The second-order valence-corrected chi connectivity index (χ2v) is 6.46. The van der Waals surface area contributed by atoms with Gasteiger partial charge in [0.15, 0.2) is 0 Å². The maximum atomic E-state index is 6.02. The van der Waals surface area contributed by atoms with Crippen molar-refractivity contribution in [2.24, 2.45) is 0 Å². The van der Waals surface area contributed by atoms with Crippen LogP contribution in [0.1, 0.15) is 12.0 Å². The molecule has 1 aromatic heterocycles. The summed E-state index contributed by atoms with van der Waals surface area (Å²) in [6.45, 7) is 3.58. The van der Waals surface area contributed by atoms with Crippen molar-refractivity contribution in [3.63, 3.8) is 0 Å². The van der Waals surface area contributed by atoms with Gasteiger partial charge >= 0.3 is 0 Å². The van der Waals surface area contributed by atoms with Crippen LogP contribution in [0.5, 0.6) is 5.75 Å². The second kappa shape index (κ2) is 5.31. The highest BCUT2D eigenvalue weighted by molar-refractivity contribution is 14.2. The van der Waals surface area contributed by atoms with Gasteiger partial charge in [0.25, 0.3) is 0 Å². The van der Waals surface area contributed by atoms with Gasteiger partial charge in [-0.05, 0) is 40.6 Å². The van der Waals surface area contributed by atoms with E-state index in [9.17, 15) is 0 Å². The minimum atomic E-state index is 0.194. The summed E-state index contributed by atoms with van der Waals surface area (Å²) in [6, 6.07) is 4.24. The molecule has 6 heteroatoms. The van der Waals surface area contributed by atoms with Crippen LogP contribution >= 0.6 is 28.4 Å². The summed E-state index contributed by atoms with van der Waals surface area (Å²) in [4.78, 5) is 0. The van der Waals surface area contributed by atoms with Gasteiger partial charge in [-0.15, -0.1) is 0 Å². The van der Waals surface area contributed by atoms with Crippen LogP contribution < -0.4 is 4.74 Å². The molecule has 2 aromatic rings. The van der Waals surface area contributed by atoms with Crippen LogP contribution in [-0.4, -0.2) is 28.9 Å². The maximum absolute atomic E-state index is 6.02. The Labute approximate surface area is 120 Å². The molecule has 0 aliphatic carbocycles. The van der Waals surface area contributed by atoms with E-state index in [-0.39, 0.29) is 6.10 Å². The number of nitrogens with zero attached hydrogens (tertiary/aromatic N) is 2. The van der Waals surface area contributed by atoms with Crippen molar-refractivity contribution in [1.29, 1.82) is 0 Å². The highest BCUT2D eigenvalue weighted by Crippen LogP contribution is 2.32. The van der Waals surface area contributed by atoms with Crippen LogP contribution in [0, 0.1) is 6.92 Å². The third-order valence-corrected chi connectivity index (χ3v) is 5.01. The zero-order chi connectivity index (χ0) is 12.5. The van der Waals surface area contributed by atoms with Gasteiger partial charge in [0.2, 0.25) is 0 Å². The average Bonchev–Trinajstić information content (AvgIpc) is 2.99. The Bertz CT molecular complexity index is 566. The molecule has 0 radical (unpaired) electrons. The van der Waals surface area contributed by atoms with E-state index in [2.05, 4.69) is 46.2 Å². The number of halogens is 1. The van der Waals surface area contributed by atoms with Crippen LogP contribution in [0.25, 0.3) is 10.9 Å². The Kier molecular flexibility index (Phi) is 3.73. The van der Waals surface area contributed by atoms with Gasteiger partial charge < -0.3 is 9.47 Å². The molecule has 2 heterocycles. The number of rotatable bonds is 3. The fourth-order valence-electron chi connectivity index (χ4n) is 2.15. The molecule has 1 saturated heterocycles. The molecule has 3 rings (SSSR count). The standard InChI is InChI=1S/C12H14IN2O2P/c1-8-4-9-6-14-15(18-13)11(9)5-12(8)17-10-2-3-16-7-10/h4-6,10,18H,2-3,7H2,1H3/t10-/m1/s1. The minimum Gasteiger partial charge on any atom is -0.488 e. The molecule has 1 fully saturated rings. The van der Waals surface area contributed by atoms with E-state index in [0.29, 0.717) is 13.0 Å². The summed E-state index contributed by atoms with van der Waals surface area (Å²) in [5.41, 5.74) is 2.30. The Hall–Kier alpha value is -0.390. The first-order chi connectivity index (χ1) is 8.78. The number of aryl methyl sites for hydroxylation is 1. The molecule has 1 aliphatic heterocycles. The molecule has 18 heavy (non-hydrogen) atoms. The third kappa shape index (κ3) is 2.36. The van der Waals surface area contributed by atoms with E-state index in [1.54, 1.807) is 0 Å². The number of aromatic nitrogens is 2. The summed E-state index contributed by atoms with van der Waals surface area (Å²) in [5.74, 6) is 0.953. The van der Waals surface area contributed by atoms with Crippen LogP contribution in [-0.2, 0) is 4.74 Å². The van der Waals surface area contributed by atoms with Gasteiger partial charge in [-0.2, -0.15) is 5.10 Å². The first-order valence-corrected chi connectivity index (χ1v) is 9.93. The first-order valence-electron chi connectivity index (χ1n) is 5.87. The first kappa shape index (κ1) is 12.6. The summed E-state index contributed by atoms with van der Waals surface area (Å²) in [6.07, 6.45) is 3.69. The van der Waals surface area contributed by atoms with Crippen LogP contribution in [0.15, 0.2) is 18.3 Å². The smallest absolute Gasteiger partial charge is 0.124 e. The van der Waals surface area contributed by atoms with E-state index in [0.717, 1.165) is 29.9 Å². The fraction of sp³-hybridized carbons (Fsp3) is 0.417. The van der Waals surface area contributed by atoms with Crippen molar-refractivity contribution in [2.75, 3.05) is 13.2 Å². The molecule has 1 aromatic carbocycles. The number of hydrogen-bond donors (Lipinski definition) is 0. The third-order valence-electron chi connectivity index (χ3n) is 3.13. The van der Waals surface area contributed by atoms with Gasteiger partial charge in [-0.3, -0.25) is 0 Å². The predicted octanol–water partition coefficient (Wildman–Crippen LogP) is 3.30. The van der Waals surface area contributed by atoms with Crippen LogP contribution in [0.4, 0.5) is 0 Å². The van der Waals surface area contributed by atoms with Crippen molar-refractivity contribution in [1.82, 2.24) is 9.55 Å². The van der Waals surface area contributed by atoms with Crippen molar-refractivity contribution < 1.29 is 9.47 Å². The molecule has 0 spiro atoms. The molecule has 96 valence electrons. The molecular weight excluding hydrogens is 362 g/mol. The Morgan fingerprint density at radius 3 is 3.17 bits per heavy atom. The molecule has 4 nitrogen and oxygen atoms in total. The van der Waals surface area contributed by atoms with E-state index in [4.69, 9.17) is 9.47 Å². The molecule has 2 atom stereocenters. The summed E-state index contributed by atoms with van der Waals surface area (Å²) in [5, 5.41) is 5.54. The zero-order valence-corrected chi connectivity index (χ0v) is 13.2. The molecule has 0 N–H and O–H groups in total. The molecule has 0 saturated carbocycles. The summed E-state index contributed by atoms with van der Waals surface area (Å²) in [7, 11) is 0. The molecular formula is C12H14IN2O2P. The lowest BCUT2D eigenvalue weighted by atomic mass is 10.1. The Balaban J connectivity index is 1.96. The number of ether oxygens (including phenoxy) is 2. The topological polar surface area (TPSA) is 36.3 Å². The molecule has 1 unspecified atom stereocenters. The number of fused-ring (bicyclic) bond motifs is 1. The Morgan fingerprint density at radius 1 is 1.56 bits per heavy atom. The predicted molar refractivity (Wildman–Crippen MR) is 82.1 cm³/mol. The van der Waals surface area contributed by atoms with Gasteiger partial charge in [0.1, 0.15) is 11.9 Å². The summed E-state index contributed by atoms with van der Waals surface area (Å²) < 4.78 is 13.4. The van der Waals surface area contributed by atoms with E-state index < -0.39 is 0 Å². The van der Waals surface area contributed by atoms with Gasteiger partial charge in [-0.25, -0.2) is 4.45 Å². The lowest BCUT2D eigenvalue weighted by Crippen LogP contribution is -2.16. The highest BCUT2D eigenvalue weighted by atomic mass is 127. The lowest BCUT2D eigenvalue weighted by Gasteiger charge is -2.14. The van der Waals surface area contributed by atoms with E-state index in [1.807, 2.05) is 10.6 Å². The van der Waals surface area contributed by atoms with Crippen LogP contribution in [0.3, 0.4) is 0 Å². The average molecular weight is 376 g/mol. The molecule has 0 bridgehead atoms. The number of hydrogen-bond acceptors (Lipinski definition) is 3. The van der Waals surface area contributed by atoms with Crippen molar-refractivity contribution in [3.05, 3.63) is 23.9 Å². The molecule has 0 amide bonds. The second-order valence-electron chi connectivity index (χ2n) is 4.42. The van der Waals surface area contributed by atoms with E-state index >= 15 is 0 Å². The maximum Gasteiger partial charge on any atom is 0.124 e. The lowest BCUT2D eigenvalue weighted by molar-refractivity contribution is 0.141. The molecule has 1 aliphatic rings. The quantitative estimate of drug-likeness (QED) is 0.609. The number of benzene rings is 1. The highest BCUT2D eigenvalue weighted by Gasteiger charge is 2.18.